The molecule has 0 aliphatic heterocycles. The lowest BCUT2D eigenvalue weighted by molar-refractivity contribution is 0.102. The third kappa shape index (κ3) is 2.55. The van der Waals surface area contributed by atoms with E-state index in [0.717, 1.165) is 17.1 Å². The number of rotatable bonds is 3. The number of hydrogen-bond donors (Lipinski definition) is 1. The number of pyridine rings is 1. The van der Waals surface area contributed by atoms with Gasteiger partial charge < -0.3 is 9.88 Å². The molecule has 0 atom stereocenters. The van der Waals surface area contributed by atoms with Gasteiger partial charge in [0.05, 0.1) is 16.3 Å². The van der Waals surface area contributed by atoms with Crippen molar-refractivity contribution in [3.8, 4) is 0 Å². The van der Waals surface area contributed by atoms with Crippen molar-refractivity contribution in [2.24, 2.45) is 0 Å². The summed E-state index contributed by atoms with van der Waals surface area (Å²) in [5.74, 6) is -0.756. The van der Waals surface area contributed by atoms with Gasteiger partial charge in [0.1, 0.15) is 11.5 Å². The van der Waals surface area contributed by atoms with E-state index in [2.05, 4.69) is 10.3 Å². The largest absolute Gasteiger partial charge is 0.332 e. The zero-order valence-electron chi connectivity index (χ0n) is 11.8. The lowest BCUT2D eigenvalue weighted by Gasteiger charge is -2.06. The molecule has 22 heavy (non-hydrogen) atoms. The van der Waals surface area contributed by atoms with Gasteiger partial charge in [0.2, 0.25) is 0 Å². The molecule has 2 heterocycles. The van der Waals surface area contributed by atoms with Gasteiger partial charge in [0.25, 0.3) is 5.91 Å². The van der Waals surface area contributed by atoms with E-state index in [-0.39, 0.29) is 10.9 Å². The predicted octanol–water partition coefficient (Wildman–Crippen LogP) is 4.10. The Bertz CT molecular complexity index is 860. The minimum Gasteiger partial charge on any atom is -0.332 e. The van der Waals surface area contributed by atoms with E-state index >= 15 is 0 Å². The number of aromatic nitrogens is 2. The summed E-state index contributed by atoms with van der Waals surface area (Å²) < 4.78 is 15.0. The van der Waals surface area contributed by atoms with Gasteiger partial charge in [-0.1, -0.05) is 11.6 Å². The maximum Gasteiger partial charge on any atom is 0.257 e. The summed E-state index contributed by atoms with van der Waals surface area (Å²) in [7, 11) is 0. The number of carbonyl (C=O) groups excluding carboxylic acids is 1. The predicted molar refractivity (Wildman–Crippen MR) is 84.8 cm³/mol. The average molecular weight is 318 g/mol. The molecule has 0 fully saturated rings. The van der Waals surface area contributed by atoms with Crippen LogP contribution in [0.1, 0.15) is 17.3 Å². The zero-order valence-corrected chi connectivity index (χ0v) is 12.6. The molecule has 0 aliphatic carbocycles. The second-order valence-electron chi connectivity index (χ2n) is 4.78. The van der Waals surface area contributed by atoms with Gasteiger partial charge in [-0.15, -0.1) is 0 Å². The number of nitrogens with one attached hydrogen (secondary N) is 1. The van der Waals surface area contributed by atoms with E-state index < -0.39 is 5.82 Å². The smallest absolute Gasteiger partial charge is 0.257 e. The standard InChI is InChI=1S/C16H13ClFN3O/c1-2-21-9-12(11-4-3-7-19-15(11)21)16(22)20-14-6-5-10(18)8-13(14)17/h3-9H,2H2,1H3,(H,20,22). The summed E-state index contributed by atoms with van der Waals surface area (Å²) in [5.41, 5.74) is 1.63. The van der Waals surface area contributed by atoms with Crippen molar-refractivity contribution < 1.29 is 9.18 Å². The molecule has 1 N–H and O–H groups in total. The van der Waals surface area contributed by atoms with E-state index in [1.807, 2.05) is 17.6 Å². The molecular weight excluding hydrogens is 305 g/mol. The Morgan fingerprint density at radius 1 is 1.41 bits per heavy atom. The van der Waals surface area contributed by atoms with Crippen LogP contribution in [-0.2, 0) is 6.54 Å². The fourth-order valence-electron chi connectivity index (χ4n) is 2.33. The minimum absolute atomic E-state index is 0.158. The van der Waals surface area contributed by atoms with Crippen molar-refractivity contribution in [1.82, 2.24) is 9.55 Å². The summed E-state index contributed by atoms with van der Waals surface area (Å²) in [4.78, 5) is 16.8. The van der Waals surface area contributed by atoms with Crippen LogP contribution in [-0.4, -0.2) is 15.5 Å². The monoisotopic (exact) mass is 317 g/mol. The molecule has 1 aromatic carbocycles. The quantitative estimate of drug-likeness (QED) is 0.790. The van der Waals surface area contributed by atoms with Gasteiger partial charge in [-0.05, 0) is 37.3 Å². The third-order valence-corrected chi connectivity index (χ3v) is 3.71. The molecule has 4 nitrogen and oxygen atoms in total. The Hall–Kier alpha value is -2.40. The highest BCUT2D eigenvalue weighted by Gasteiger charge is 2.16. The number of halogens is 2. The first-order valence-electron chi connectivity index (χ1n) is 6.80. The Morgan fingerprint density at radius 3 is 2.95 bits per heavy atom. The van der Waals surface area contributed by atoms with Gasteiger partial charge in [-0.2, -0.15) is 0 Å². The SMILES string of the molecule is CCn1cc(C(=O)Nc2ccc(F)cc2Cl)c2cccnc21. The van der Waals surface area contributed by atoms with Crippen molar-refractivity contribution >= 4 is 34.2 Å². The molecule has 2 aromatic heterocycles. The number of benzene rings is 1. The molecule has 3 rings (SSSR count). The molecule has 0 saturated heterocycles. The van der Waals surface area contributed by atoms with Gasteiger partial charge in [-0.25, -0.2) is 9.37 Å². The topological polar surface area (TPSA) is 46.9 Å². The molecular formula is C16H13ClFN3O. The number of hydrogen-bond acceptors (Lipinski definition) is 2. The summed E-state index contributed by atoms with van der Waals surface area (Å²) in [6.07, 6.45) is 3.44. The van der Waals surface area contributed by atoms with Gasteiger partial charge in [0, 0.05) is 24.3 Å². The molecule has 0 radical (unpaired) electrons. The fraction of sp³-hybridized carbons (Fsp3) is 0.125. The van der Waals surface area contributed by atoms with E-state index in [1.54, 1.807) is 18.5 Å². The molecule has 112 valence electrons. The minimum atomic E-state index is -0.449. The van der Waals surface area contributed by atoms with E-state index in [9.17, 15) is 9.18 Å². The van der Waals surface area contributed by atoms with Crippen molar-refractivity contribution in [1.29, 1.82) is 0 Å². The Balaban J connectivity index is 1.99. The summed E-state index contributed by atoms with van der Waals surface area (Å²) in [6, 6.07) is 7.47. The first kappa shape index (κ1) is 14.5. The molecule has 1 amide bonds. The van der Waals surface area contributed by atoms with Gasteiger partial charge in [0.15, 0.2) is 0 Å². The molecule has 0 bridgehead atoms. The zero-order chi connectivity index (χ0) is 15.7. The maximum atomic E-state index is 13.1. The first-order valence-corrected chi connectivity index (χ1v) is 7.18. The summed E-state index contributed by atoms with van der Waals surface area (Å²) in [5, 5.41) is 3.63. The van der Waals surface area contributed by atoms with E-state index in [1.165, 1.54) is 12.1 Å². The lowest BCUT2D eigenvalue weighted by Crippen LogP contribution is -2.12. The summed E-state index contributed by atoms with van der Waals surface area (Å²) >= 11 is 5.94. The van der Waals surface area contributed by atoms with Crippen LogP contribution in [0.5, 0.6) is 0 Å². The van der Waals surface area contributed by atoms with Crippen molar-refractivity contribution in [2.75, 3.05) is 5.32 Å². The number of anilines is 1. The molecule has 0 spiro atoms. The van der Waals surface area contributed by atoms with Crippen LogP contribution >= 0.6 is 11.6 Å². The van der Waals surface area contributed by atoms with Crippen LogP contribution in [0, 0.1) is 5.82 Å². The maximum absolute atomic E-state index is 13.1. The highest BCUT2D eigenvalue weighted by molar-refractivity contribution is 6.34. The molecule has 0 aliphatic rings. The average Bonchev–Trinajstić information content (AvgIpc) is 2.89. The lowest BCUT2D eigenvalue weighted by atomic mass is 10.2. The number of aryl methyl sites for hydroxylation is 1. The Labute approximate surface area is 131 Å². The fourth-order valence-corrected chi connectivity index (χ4v) is 2.54. The van der Waals surface area contributed by atoms with Crippen LogP contribution < -0.4 is 5.32 Å². The van der Waals surface area contributed by atoms with Crippen LogP contribution in [0.3, 0.4) is 0 Å². The van der Waals surface area contributed by atoms with Crippen LogP contribution in [0.2, 0.25) is 5.02 Å². The van der Waals surface area contributed by atoms with Crippen LogP contribution in [0.25, 0.3) is 11.0 Å². The van der Waals surface area contributed by atoms with E-state index in [0.29, 0.717) is 17.8 Å². The molecule has 0 saturated carbocycles. The second-order valence-corrected chi connectivity index (χ2v) is 5.19. The number of fused-ring (bicyclic) bond motifs is 1. The molecule has 3 aromatic rings. The summed E-state index contributed by atoms with van der Waals surface area (Å²) in [6.45, 7) is 2.69. The van der Waals surface area contributed by atoms with Crippen molar-refractivity contribution in [2.45, 2.75) is 13.5 Å². The van der Waals surface area contributed by atoms with Gasteiger partial charge >= 0.3 is 0 Å². The molecule has 6 heteroatoms. The Kier molecular flexibility index (Phi) is 3.81. The molecule has 0 unspecified atom stereocenters. The Morgan fingerprint density at radius 2 is 2.23 bits per heavy atom. The van der Waals surface area contributed by atoms with Gasteiger partial charge in [-0.3, -0.25) is 4.79 Å². The van der Waals surface area contributed by atoms with E-state index in [4.69, 9.17) is 11.6 Å². The first-order chi connectivity index (χ1) is 10.6. The number of carbonyl (C=O) groups is 1. The number of amides is 1. The highest BCUT2D eigenvalue weighted by Crippen LogP contribution is 2.25. The van der Waals surface area contributed by atoms with Crippen LogP contribution in [0.4, 0.5) is 10.1 Å². The third-order valence-electron chi connectivity index (χ3n) is 3.40. The van der Waals surface area contributed by atoms with Crippen LogP contribution in [0.15, 0.2) is 42.7 Å². The van der Waals surface area contributed by atoms with Crippen molar-refractivity contribution in [3.05, 3.63) is 59.1 Å². The second kappa shape index (κ2) is 5.77. The normalized spacial score (nSPS) is 10.9. The highest BCUT2D eigenvalue weighted by atomic mass is 35.5. The number of nitrogens with zero attached hydrogens (tertiary/aromatic N) is 2. The van der Waals surface area contributed by atoms with Crippen molar-refractivity contribution in [3.63, 3.8) is 0 Å².